The zero-order valence-electron chi connectivity index (χ0n) is 9.01. The molecule has 1 aliphatic heterocycles. The van der Waals surface area contributed by atoms with Gasteiger partial charge in [-0.15, -0.1) is 0 Å². The molecule has 0 aliphatic carbocycles. The van der Waals surface area contributed by atoms with Crippen molar-refractivity contribution in [3.63, 3.8) is 0 Å². The van der Waals surface area contributed by atoms with E-state index in [4.69, 9.17) is 11.6 Å². The molecule has 1 aliphatic rings. The van der Waals surface area contributed by atoms with Crippen LogP contribution in [0, 0.1) is 5.92 Å². The van der Waals surface area contributed by atoms with E-state index in [0.29, 0.717) is 0 Å². The van der Waals surface area contributed by atoms with Gasteiger partial charge >= 0.3 is 0 Å². The molecule has 16 heavy (non-hydrogen) atoms. The maximum Gasteiger partial charge on any atom is 0.0548 e. The van der Waals surface area contributed by atoms with Gasteiger partial charge in [0.1, 0.15) is 0 Å². The largest absolute Gasteiger partial charge is 0.312 e. The van der Waals surface area contributed by atoms with Gasteiger partial charge in [-0.05, 0) is 64.0 Å². The van der Waals surface area contributed by atoms with E-state index < -0.39 is 0 Å². The average molecular weight is 321 g/mol. The third kappa shape index (κ3) is 3.66. The summed E-state index contributed by atoms with van der Waals surface area (Å²) in [6.45, 7) is 2.06. The number of hydrogen-bond donors (Lipinski definition) is 1. The summed E-state index contributed by atoms with van der Waals surface area (Å²) < 4.78 is 0.977. The highest BCUT2D eigenvalue weighted by Gasteiger charge is 2.14. The number of halogens is 2. The van der Waals surface area contributed by atoms with Crippen LogP contribution in [0.5, 0.6) is 0 Å². The Balaban J connectivity index is 1.78. The molecule has 1 unspecified atom stereocenters. The number of thioether (sulfide) groups is 1. The Morgan fingerprint density at radius 2 is 2.38 bits per heavy atom. The highest BCUT2D eigenvalue weighted by molar-refractivity contribution is 9.10. The van der Waals surface area contributed by atoms with E-state index in [1.165, 1.54) is 23.5 Å². The van der Waals surface area contributed by atoms with E-state index in [1.807, 2.05) is 6.07 Å². The summed E-state index contributed by atoms with van der Waals surface area (Å²) in [4.78, 5) is 0. The van der Waals surface area contributed by atoms with Crippen LogP contribution >= 0.6 is 39.3 Å². The first-order valence-corrected chi connectivity index (χ1v) is 7.80. The van der Waals surface area contributed by atoms with Crippen LogP contribution in [0.4, 0.5) is 0 Å². The monoisotopic (exact) mass is 319 g/mol. The van der Waals surface area contributed by atoms with Gasteiger partial charge in [0.15, 0.2) is 0 Å². The van der Waals surface area contributed by atoms with E-state index >= 15 is 0 Å². The van der Waals surface area contributed by atoms with Gasteiger partial charge in [-0.1, -0.05) is 17.7 Å². The van der Waals surface area contributed by atoms with Gasteiger partial charge in [0, 0.05) is 11.0 Å². The predicted molar refractivity (Wildman–Crippen MR) is 76.3 cm³/mol. The molecule has 1 aromatic carbocycles. The second-order valence-electron chi connectivity index (χ2n) is 4.11. The standard InChI is InChI=1S/C12H15BrClNS/c13-11-5-9(1-2-12(11)14)6-15-7-10-3-4-16-8-10/h1-2,5,10,15H,3-4,6-8H2. The van der Waals surface area contributed by atoms with Crippen molar-refractivity contribution in [2.24, 2.45) is 5.92 Å². The van der Waals surface area contributed by atoms with Crippen molar-refractivity contribution < 1.29 is 0 Å². The van der Waals surface area contributed by atoms with Crippen LogP contribution in [0.2, 0.25) is 5.02 Å². The zero-order valence-corrected chi connectivity index (χ0v) is 12.2. The predicted octanol–water partition coefficient (Wildman–Crippen LogP) is 3.95. The first-order chi connectivity index (χ1) is 7.75. The van der Waals surface area contributed by atoms with Crippen molar-refractivity contribution in [3.05, 3.63) is 33.3 Å². The fourth-order valence-corrected chi connectivity index (χ4v) is 3.64. The lowest BCUT2D eigenvalue weighted by atomic mass is 10.1. The summed E-state index contributed by atoms with van der Waals surface area (Å²) >= 11 is 11.5. The molecular weight excluding hydrogens is 306 g/mol. The minimum atomic E-state index is 0.774. The van der Waals surface area contributed by atoms with Crippen molar-refractivity contribution in [1.82, 2.24) is 5.32 Å². The molecule has 4 heteroatoms. The Kier molecular flexibility index (Phi) is 5.01. The topological polar surface area (TPSA) is 12.0 Å². The van der Waals surface area contributed by atoms with Crippen LogP contribution in [-0.4, -0.2) is 18.1 Å². The summed E-state index contributed by atoms with van der Waals surface area (Å²) in [5.74, 6) is 3.51. The average Bonchev–Trinajstić information content (AvgIpc) is 2.76. The Bertz CT molecular complexity index is 353. The Morgan fingerprint density at radius 1 is 1.50 bits per heavy atom. The molecule has 2 rings (SSSR count). The van der Waals surface area contributed by atoms with E-state index in [9.17, 15) is 0 Å². The quantitative estimate of drug-likeness (QED) is 0.901. The lowest BCUT2D eigenvalue weighted by molar-refractivity contribution is 0.523. The first-order valence-electron chi connectivity index (χ1n) is 5.48. The molecule has 0 amide bonds. The van der Waals surface area contributed by atoms with Crippen LogP contribution < -0.4 is 5.32 Å². The zero-order chi connectivity index (χ0) is 11.4. The summed E-state index contributed by atoms with van der Waals surface area (Å²) in [5, 5.41) is 4.29. The number of hydrogen-bond acceptors (Lipinski definition) is 2. The molecule has 1 fully saturated rings. The normalized spacial score (nSPS) is 20.2. The fraction of sp³-hybridized carbons (Fsp3) is 0.500. The van der Waals surface area contributed by atoms with Crippen LogP contribution in [-0.2, 0) is 6.54 Å². The van der Waals surface area contributed by atoms with E-state index in [1.54, 1.807) is 0 Å². The van der Waals surface area contributed by atoms with E-state index in [-0.39, 0.29) is 0 Å². The molecule has 1 heterocycles. The molecule has 1 N–H and O–H groups in total. The minimum absolute atomic E-state index is 0.774. The Hall–Kier alpha value is 0.300. The summed E-state index contributed by atoms with van der Waals surface area (Å²) in [7, 11) is 0. The summed E-state index contributed by atoms with van der Waals surface area (Å²) in [6.07, 6.45) is 1.36. The van der Waals surface area contributed by atoms with Gasteiger partial charge in [0.05, 0.1) is 5.02 Å². The smallest absolute Gasteiger partial charge is 0.0548 e. The van der Waals surface area contributed by atoms with Gasteiger partial charge in [-0.25, -0.2) is 0 Å². The third-order valence-electron chi connectivity index (χ3n) is 2.77. The van der Waals surface area contributed by atoms with Crippen molar-refractivity contribution in [3.8, 4) is 0 Å². The molecule has 1 aromatic rings. The number of rotatable bonds is 4. The lowest BCUT2D eigenvalue weighted by Crippen LogP contribution is -2.22. The van der Waals surface area contributed by atoms with Gasteiger partial charge in [0.2, 0.25) is 0 Å². The second-order valence-corrected chi connectivity index (χ2v) is 6.52. The van der Waals surface area contributed by atoms with Crippen molar-refractivity contribution >= 4 is 39.3 Å². The Labute approximate surface area is 114 Å². The summed E-state index contributed by atoms with van der Waals surface area (Å²) in [5.41, 5.74) is 1.28. The number of nitrogens with one attached hydrogen (secondary N) is 1. The molecule has 1 nitrogen and oxygen atoms in total. The molecule has 0 radical (unpaired) electrons. The SMILES string of the molecule is Clc1ccc(CNCC2CCSC2)cc1Br. The highest BCUT2D eigenvalue weighted by Crippen LogP contribution is 2.24. The van der Waals surface area contributed by atoms with E-state index in [0.717, 1.165) is 28.5 Å². The van der Waals surface area contributed by atoms with Crippen LogP contribution in [0.25, 0.3) is 0 Å². The summed E-state index contributed by atoms with van der Waals surface area (Å²) in [6, 6.07) is 6.09. The molecule has 0 spiro atoms. The molecule has 0 aromatic heterocycles. The van der Waals surface area contributed by atoms with Gasteiger partial charge in [0.25, 0.3) is 0 Å². The molecule has 1 saturated heterocycles. The molecular formula is C12H15BrClNS. The van der Waals surface area contributed by atoms with Crippen LogP contribution in [0.3, 0.4) is 0 Å². The first kappa shape index (κ1) is 12.7. The van der Waals surface area contributed by atoms with Crippen LogP contribution in [0.15, 0.2) is 22.7 Å². The molecule has 88 valence electrons. The molecule has 1 atom stereocenters. The maximum atomic E-state index is 5.95. The van der Waals surface area contributed by atoms with Crippen molar-refractivity contribution in [2.45, 2.75) is 13.0 Å². The van der Waals surface area contributed by atoms with Crippen LogP contribution in [0.1, 0.15) is 12.0 Å². The van der Waals surface area contributed by atoms with Crippen molar-refractivity contribution in [2.75, 3.05) is 18.1 Å². The third-order valence-corrected chi connectivity index (χ3v) is 5.22. The Morgan fingerprint density at radius 3 is 3.06 bits per heavy atom. The minimum Gasteiger partial charge on any atom is -0.312 e. The number of benzene rings is 1. The second kappa shape index (κ2) is 6.29. The van der Waals surface area contributed by atoms with Gasteiger partial charge in [-0.2, -0.15) is 11.8 Å². The van der Waals surface area contributed by atoms with Gasteiger partial charge in [-0.3, -0.25) is 0 Å². The highest BCUT2D eigenvalue weighted by atomic mass is 79.9. The molecule has 0 saturated carbocycles. The van der Waals surface area contributed by atoms with Gasteiger partial charge < -0.3 is 5.32 Å². The fourth-order valence-electron chi connectivity index (χ4n) is 1.81. The van der Waals surface area contributed by atoms with Crippen molar-refractivity contribution in [1.29, 1.82) is 0 Å². The lowest BCUT2D eigenvalue weighted by Gasteiger charge is -2.10. The maximum absolute atomic E-state index is 5.95. The molecule has 0 bridgehead atoms. The van der Waals surface area contributed by atoms with E-state index in [2.05, 4.69) is 45.1 Å².